The molecule has 1 saturated carbocycles. The molecule has 0 radical (unpaired) electrons. The third kappa shape index (κ3) is 3.95. The molecule has 0 bridgehead atoms. The van der Waals surface area contributed by atoms with Crippen molar-refractivity contribution in [3.05, 3.63) is 0 Å². The van der Waals surface area contributed by atoms with Gasteiger partial charge in [0.2, 0.25) is 5.91 Å². The summed E-state index contributed by atoms with van der Waals surface area (Å²) in [5.41, 5.74) is 5.44. The SMILES string of the molecule is CC(C(=O)N1CCCC(C)(O)CC1)C1CCCC(N)C1. The lowest BCUT2D eigenvalue weighted by atomic mass is 9.78. The molecule has 2 aliphatic rings. The lowest BCUT2D eigenvalue weighted by Gasteiger charge is -2.33. The van der Waals surface area contributed by atoms with Crippen LogP contribution in [-0.2, 0) is 4.79 Å². The van der Waals surface area contributed by atoms with Gasteiger partial charge in [-0.2, -0.15) is 0 Å². The van der Waals surface area contributed by atoms with E-state index in [-0.39, 0.29) is 17.9 Å². The molecular formula is C16H30N2O2. The van der Waals surface area contributed by atoms with Gasteiger partial charge in [-0.05, 0) is 51.4 Å². The fourth-order valence-electron chi connectivity index (χ4n) is 3.69. The van der Waals surface area contributed by atoms with Crippen molar-refractivity contribution in [2.75, 3.05) is 13.1 Å². The molecule has 20 heavy (non-hydrogen) atoms. The molecule has 4 unspecified atom stereocenters. The van der Waals surface area contributed by atoms with Crippen molar-refractivity contribution < 1.29 is 9.90 Å². The first-order chi connectivity index (χ1) is 9.39. The van der Waals surface area contributed by atoms with Crippen LogP contribution in [0.4, 0.5) is 0 Å². The summed E-state index contributed by atoms with van der Waals surface area (Å²) in [6.07, 6.45) is 6.75. The number of nitrogens with two attached hydrogens (primary N) is 1. The molecule has 1 saturated heterocycles. The number of hydrogen-bond donors (Lipinski definition) is 2. The molecule has 1 aliphatic carbocycles. The highest BCUT2D eigenvalue weighted by Crippen LogP contribution is 2.31. The van der Waals surface area contributed by atoms with Gasteiger partial charge in [0.15, 0.2) is 0 Å². The number of hydrogen-bond acceptors (Lipinski definition) is 3. The van der Waals surface area contributed by atoms with Crippen molar-refractivity contribution in [2.45, 2.75) is 70.4 Å². The van der Waals surface area contributed by atoms with E-state index in [0.29, 0.717) is 18.9 Å². The second kappa shape index (κ2) is 6.44. The number of rotatable bonds is 2. The van der Waals surface area contributed by atoms with Gasteiger partial charge < -0.3 is 15.7 Å². The predicted molar refractivity (Wildman–Crippen MR) is 80.2 cm³/mol. The van der Waals surface area contributed by atoms with E-state index in [1.807, 2.05) is 11.8 Å². The lowest BCUT2D eigenvalue weighted by molar-refractivity contribution is -0.137. The third-order valence-electron chi connectivity index (χ3n) is 5.23. The van der Waals surface area contributed by atoms with Crippen LogP contribution >= 0.6 is 0 Å². The highest BCUT2D eigenvalue weighted by Gasteiger charge is 2.33. The fraction of sp³-hybridized carbons (Fsp3) is 0.938. The summed E-state index contributed by atoms with van der Waals surface area (Å²) in [6, 6.07) is 0.272. The molecule has 4 nitrogen and oxygen atoms in total. The summed E-state index contributed by atoms with van der Waals surface area (Å²) in [5, 5.41) is 10.1. The minimum atomic E-state index is -0.606. The van der Waals surface area contributed by atoms with E-state index < -0.39 is 5.60 Å². The van der Waals surface area contributed by atoms with Gasteiger partial charge in [0.25, 0.3) is 0 Å². The summed E-state index contributed by atoms with van der Waals surface area (Å²) in [6.45, 7) is 5.42. The average molecular weight is 282 g/mol. The van der Waals surface area contributed by atoms with Crippen LogP contribution < -0.4 is 5.73 Å². The smallest absolute Gasteiger partial charge is 0.225 e. The van der Waals surface area contributed by atoms with Crippen LogP contribution in [0.1, 0.15) is 58.8 Å². The molecule has 0 spiro atoms. The number of carbonyl (C=O) groups is 1. The largest absolute Gasteiger partial charge is 0.390 e. The topological polar surface area (TPSA) is 66.6 Å². The summed E-state index contributed by atoms with van der Waals surface area (Å²) in [5.74, 6) is 0.779. The van der Waals surface area contributed by atoms with Crippen molar-refractivity contribution in [3.63, 3.8) is 0 Å². The van der Waals surface area contributed by atoms with E-state index >= 15 is 0 Å². The van der Waals surface area contributed by atoms with E-state index in [1.165, 1.54) is 0 Å². The van der Waals surface area contributed by atoms with E-state index in [4.69, 9.17) is 5.73 Å². The maximum Gasteiger partial charge on any atom is 0.225 e. The van der Waals surface area contributed by atoms with Crippen LogP contribution in [0.3, 0.4) is 0 Å². The standard InChI is InChI=1S/C16H30N2O2/c1-12(13-5-3-6-14(17)11-13)15(19)18-9-4-7-16(2,20)8-10-18/h12-14,20H,3-11,17H2,1-2H3. The van der Waals surface area contributed by atoms with Gasteiger partial charge in [-0.15, -0.1) is 0 Å². The van der Waals surface area contributed by atoms with Crippen LogP contribution in [0.5, 0.6) is 0 Å². The Bertz CT molecular complexity index is 339. The molecule has 1 amide bonds. The number of aliphatic hydroxyl groups is 1. The first-order valence-corrected chi connectivity index (χ1v) is 8.16. The van der Waals surface area contributed by atoms with Crippen LogP contribution in [-0.4, -0.2) is 40.6 Å². The van der Waals surface area contributed by atoms with E-state index in [0.717, 1.165) is 45.1 Å². The summed E-state index contributed by atoms with van der Waals surface area (Å²) in [7, 11) is 0. The van der Waals surface area contributed by atoms with Gasteiger partial charge in [0.1, 0.15) is 0 Å². The Balaban J connectivity index is 1.92. The zero-order valence-corrected chi connectivity index (χ0v) is 13.0. The Morgan fingerprint density at radius 3 is 2.75 bits per heavy atom. The lowest BCUT2D eigenvalue weighted by Crippen LogP contribution is -2.41. The van der Waals surface area contributed by atoms with Crippen molar-refractivity contribution in [1.82, 2.24) is 4.90 Å². The molecule has 1 heterocycles. The van der Waals surface area contributed by atoms with Crippen LogP contribution in [0.15, 0.2) is 0 Å². The van der Waals surface area contributed by atoms with Gasteiger partial charge in [0.05, 0.1) is 5.60 Å². The summed E-state index contributed by atoms with van der Waals surface area (Å²) < 4.78 is 0. The Morgan fingerprint density at radius 1 is 1.30 bits per heavy atom. The van der Waals surface area contributed by atoms with Crippen LogP contribution in [0.25, 0.3) is 0 Å². The highest BCUT2D eigenvalue weighted by atomic mass is 16.3. The molecule has 4 heteroatoms. The second-order valence-corrected chi connectivity index (χ2v) is 7.15. The molecule has 1 aliphatic heterocycles. The van der Waals surface area contributed by atoms with Crippen molar-refractivity contribution in [3.8, 4) is 0 Å². The fourth-order valence-corrected chi connectivity index (χ4v) is 3.69. The average Bonchev–Trinajstić information content (AvgIpc) is 2.58. The van der Waals surface area contributed by atoms with E-state index in [2.05, 4.69) is 6.92 Å². The predicted octanol–water partition coefficient (Wildman–Crippen LogP) is 1.90. The number of carbonyl (C=O) groups excluding carboxylic acids is 1. The zero-order chi connectivity index (χ0) is 14.8. The molecule has 0 aromatic heterocycles. The molecule has 3 N–H and O–H groups in total. The number of amides is 1. The highest BCUT2D eigenvalue weighted by molar-refractivity contribution is 5.78. The Kier molecular flexibility index (Phi) is 5.08. The Labute approximate surface area is 122 Å². The molecule has 0 aromatic carbocycles. The second-order valence-electron chi connectivity index (χ2n) is 7.15. The summed E-state index contributed by atoms with van der Waals surface area (Å²) in [4.78, 5) is 14.6. The van der Waals surface area contributed by atoms with E-state index in [9.17, 15) is 9.90 Å². The van der Waals surface area contributed by atoms with Crippen molar-refractivity contribution >= 4 is 5.91 Å². The van der Waals surface area contributed by atoms with E-state index in [1.54, 1.807) is 0 Å². The number of nitrogens with zero attached hydrogens (tertiary/aromatic N) is 1. The maximum absolute atomic E-state index is 12.7. The molecule has 2 rings (SSSR count). The normalized spacial score (nSPS) is 37.3. The monoisotopic (exact) mass is 282 g/mol. The zero-order valence-electron chi connectivity index (χ0n) is 13.0. The first kappa shape index (κ1) is 15.8. The van der Waals surface area contributed by atoms with Gasteiger partial charge in [-0.1, -0.05) is 13.3 Å². The number of likely N-dealkylation sites (tertiary alicyclic amines) is 1. The van der Waals surface area contributed by atoms with Crippen LogP contribution in [0.2, 0.25) is 0 Å². The molecular weight excluding hydrogens is 252 g/mol. The Hall–Kier alpha value is -0.610. The quantitative estimate of drug-likeness (QED) is 0.813. The van der Waals surface area contributed by atoms with Gasteiger partial charge >= 0.3 is 0 Å². The minimum Gasteiger partial charge on any atom is -0.390 e. The summed E-state index contributed by atoms with van der Waals surface area (Å²) >= 11 is 0. The van der Waals surface area contributed by atoms with Crippen LogP contribution in [0, 0.1) is 11.8 Å². The van der Waals surface area contributed by atoms with Crippen molar-refractivity contribution in [1.29, 1.82) is 0 Å². The minimum absolute atomic E-state index is 0.0735. The maximum atomic E-state index is 12.7. The first-order valence-electron chi connectivity index (χ1n) is 8.16. The molecule has 4 atom stereocenters. The molecule has 2 fully saturated rings. The van der Waals surface area contributed by atoms with Gasteiger partial charge in [0, 0.05) is 25.0 Å². The molecule has 116 valence electrons. The Morgan fingerprint density at radius 2 is 2.05 bits per heavy atom. The van der Waals surface area contributed by atoms with Crippen molar-refractivity contribution in [2.24, 2.45) is 17.6 Å². The third-order valence-corrected chi connectivity index (χ3v) is 5.23. The van der Waals surface area contributed by atoms with Gasteiger partial charge in [-0.25, -0.2) is 0 Å². The van der Waals surface area contributed by atoms with Gasteiger partial charge in [-0.3, -0.25) is 4.79 Å². The molecule has 0 aromatic rings.